The molecule has 0 radical (unpaired) electrons. The zero-order chi connectivity index (χ0) is 24.1. The van der Waals surface area contributed by atoms with Gasteiger partial charge in [-0.15, -0.1) is 0 Å². The van der Waals surface area contributed by atoms with Crippen LogP contribution in [0.1, 0.15) is 18.9 Å². The molecule has 0 unspecified atom stereocenters. The Morgan fingerprint density at radius 1 is 1.09 bits per heavy atom. The van der Waals surface area contributed by atoms with Gasteiger partial charge in [-0.1, -0.05) is 36.2 Å². The lowest BCUT2D eigenvalue weighted by atomic mass is 10.1. The van der Waals surface area contributed by atoms with E-state index in [9.17, 15) is 22.4 Å². The second-order valence-electron chi connectivity index (χ2n) is 7.01. The van der Waals surface area contributed by atoms with Crippen molar-refractivity contribution in [3.05, 3.63) is 63.9 Å². The van der Waals surface area contributed by atoms with Gasteiger partial charge < -0.3 is 10.2 Å². The fourth-order valence-electron chi connectivity index (χ4n) is 3.16. The highest BCUT2D eigenvalue weighted by atomic mass is 35.5. The SMILES string of the molecule is CC[C@@H](C(=O)NC)N(Cc1c(Cl)cccc1Cl)C(=O)CN(c1ccc(F)cc1)S(C)(=O)=O. The van der Waals surface area contributed by atoms with Gasteiger partial charge in [0.2, 0.25) is 21.8 Å². The van der Waals surface area contributed by atoms with Gasteiger partial charge in [0, 0.05) is 29.2 Å². The van der Waals surface area contributed by atoms with Gasteiger partial charge in [0.05, 0.1) is 11.9 Å². The van der Waals surface area contributed by atoms with Crippen molar-refractivity contribution < 1.29 is 22.4 Å². The Labute approximate surface area is 197 Å². The van der Waals surface area contributed by atoms with Crippen molar-refractivity contribution in [2.24, 2.45) is 0 Å². The van der Waals surface area contributed by atoms with Crippen LogP contribution in [0.4, 0.5) is 10.1 Å². The Hall–Kier alpha value is -2.36. The van der Waals surface area contributed by atoms with Crippen LogP contribution in [0.25, 0.3) is 0 Å². The van der Waals surface area contributed by atoms with Crippen LogP contribution in [0.2, 0.25) is 10.0 Å². The van der Waals surface area contributed by atoms with Crippen molar-refractivity contribution in [2.45, 2.75) is 25.9 Å². The number of carbonyl (C=O) groups excluding carboxylic acids is 2. The molecular weight excluding hydrogens is 480 g/mol. The van der Waals surface area contributed by atoms with Crippen LogP contribution < -0.4 is 9.62 Å². The number of anilines is 1. The minimum absolute atomic E-state index is 0.107. The van der Waals surface area contributed by atoms with Gasteiger partial charge in [-0.25, -0.2) is 12.8 Å². The first-order chi connectivity index (χ1) is 15.0. The number of carbonyl (C=O) groups is 2. The van der Waals surface area contributed by atoms with E-state index in [-0.39, 0.29) is 18.7 Å². The van der Waals surface area contributed by atoms with E-state index in [1.54, 1.807) is 25.1 Å². The predicted octanol–water partition coefficient (Wildman–Crippen LogP) is 3.45. The standard InChI is InChI=1S/C21H24Cl2FN3O4S/c1-4-19(21(29)25-2)26(12-16-17(22)6-5-7-18(16)23)20(28)13-27(32(3,30)31)15-10-8-14(24)9-11-15/h5-11,19H,4,12-13H2,1-3H3,(H,25,29)/t19-/m0/s1. The van der Waals surface area contributed by atoms with Crippen molar-refractivity contribution in [3.8, 4) is 0 Å². The number of likely N-dealkylation sites (N-methyl/N-ethyl adjacent to an activating group) is 1. The molecule has 0 aliphatic heterocycles. The van der Waals surface area contributed by atoms with Gasteiger partial charge in [0.1, 0.15) is 18.4 Å². The van der Waals surface area contributed by atoms with E-state index < -0.39 is 40.2 Å². The summed E-state index contributed by atoms with van der Waals surface area (Å²) in [5.41, 5.74) is 0.546. The predicted molar refractivity (Wildman–Crippen MR) is 124 cm³/mol. The molecule has 0 heterocycles. The Morgan fingerprint density at radius 2 is 1.66 bits per heavy atom. The summed E-state index contributed by atoms with van der Waals surface area (Å²) in [4.78, 5) is 27.1. The van der Waals surface area contributed by atoms with Gasteiger partial charge in [0.25, 0.3) is 0 Å². The molecule has 0 saturated carbocycles. The van der Waals surface area contributed by atoms with Gasteiger partial charge in [-0.05, 0) is 42.8 Å². The van der Waals surface area contributed by atoms with Crippen molar-refractivity contribution in [2.75, 3.05) is 24.2 Å². The third-order valence-corrected chi connectivity index (χ3v) is 6.67. The summed E-state index contributed by atoms with van der Waals surface area (Å²) in [6.45, 7) is 1.02. The van der Waals surface area contributed by atoms with Gasteiger partial charge in [-0.2, -0.15) is 0 Å². The summed E-state index contributed by atoms with van der Waals surface area (Å²) in [6.07, 6.45) is 1.21. The molecule has 0 saturated heterocycles. The number of sulfonamides is 1. The monoisotopic (exact) mass is 503 g/mol. The van der Waals surface area contributed by atoms with Crippen molar-refractivity contribution in [1.82, 2.24) is 10.2 Å². The first kappa shape index (κ1) is 25.9. The molecule has 1 atom stereocenters. The molecule has 0 spiro atoms. The number of benzene rings is 2. The second-order valence-corrected chi connectivity index (χ2v) is 9.73. The minimum atomic E-state index is -3.90. The summed E-state index contributed by atoms with van der Waals surface area (Å²) in [5, 5.41) is 3.13. The molecule has 0 aliphatic carbocycles. The van der Waals surface area contributed by atoms with Crippen LogP contribution >= 0.6 is 23.2 Å². The van der Waals surface area contributed by atoms with E-state index in [1.807, 2.05) is 0 Å². The molecule has 2 aromatic rings. The lowest BCUT2D eigenvalue weighted by Crippen LogP contribution is -2.51. The molecule has 7 nitrogen and oxygen atoms in total. The Kier molecular flexibility index (Phi) is 8.89. The summed E-state index contributed by atoms with van der Waals surface area (Å²) in [6, 6.07) is 8.67. The number of hydrogen-bond acceptors (Lipinski definition) is 4. The normalized spacial score (nSPS) is 12.2. The zero-order valence-corrected chi connectivity index (χ0v) is 20.1. The van der Waals surface area contributed by atoms with Crippen LogP contribution in [0.15, 0.2) is 42.5 Å². The lowest BCUT2D eigenvalue weighted by Gasteiger charge is -2.33. The fourth-order valence-corrected chi connectivity index (χ4v) is 4.53. The molecule has 2 rings (SSSR count). The largest absolute Gasteiger partial charge is 0.357 e. The van der Waals surface area contributed by atoms with E-state index in [0.717, 1.165) is 22.7 Å². The summed E-state index contributed by atoms with van der Waals surface area (Å²) in [7, 11) is -2.45. The highest BCUT2D eigenvalue weighted by Crippen LogP contribution is 2.27. The van der Waals surface area contributed by atoms with Crippen LogP contribution in [-0.2, 0) is 26.2 Å². The van der Waals surface area contributed by atoms with E-state index >= 15 is 0 Å². The van der Waals surface area contributed by atoms with Crippen LogP contribution in [-0.4, -0.2) is 51.0 Å². The summed E-state index contributed by atoms with van der Waals surface area (Å²) >= 11 is 12.5. The Balaban J connectivity index is 2.47. The lowest BCUT2D eigenvalue weighted by molar-refractivity contribution is -0.140. The number of rotatable bonds is 9. The minimum Gasteiger partial charge on any atom is -0.357 e. The van der Waals surface area contributed by atoms with Crippen LogP contribution in [0, 0.1) is 5.82 Å². The molecule has 2 aromatic carbocycles. The zero-order valence-electron chi connectivity index (χ0n) is 17.8. The quantitative estimate of drug-likeness (QED) is 0.567. The second kappa shape index (κ2) is 11.0. The van der Waals surface area contributed by atoms with Crippen LogP contribution in [0.5, 0.6) is 0 Å². The molecule has 1 N–H and O–H groups in total. The summed E-state index contributed by atoms with van der Waals surface area (Å²) in [5.74, 6) is -1.61. The number of nitrogens with zero attached hydrogens (tertiary/aromatic N) is 2. The van der Waals surface area contributed by atoms with E-state index in [4.69, 9.17) is 23.2 Å². The maximum absolute atomic E-state index is 13.4. The van der Waals surface area contributed by atoms with Gasteiger partial charge >= 0.3 is 0 Å². The maximum Gasteiger partial charge on any atom is 0.244 e. The topological polar surface area (TPSA) is 86.8 Å². The number of hydrogen-bond donors (Lipinski definition) is 1. The van der Waals surface area contributed by atoms with E-state index in [0.29, 0.717) is 15.6 Å². The molecule has 174 valence electrons. The average molecular weight is 504 g/mol. The molecule has 2 amide bonds. The first-order valence-electron chi connectivity index (χ1n) is 9.66. The molecule has 0 fully saturated rings. The van der Waals surface area contributed by atoms with Crippen LogP contribution in [0.3, 0.4) is 0 Å². The van der Waals surface area contributed by atoms with Crippen molar-refractivity contribution >= 4 is 50.7 Å². The molecule has 0 aliphatic rings. The van der Waals surface area contributed by atoms with E-state index in [2.05, 4.69) is 5.32 Å². The highest BCUT2D eigenvalue weighted by molar-refractivity contribution is 7.92. The number of nitrogens with one attached hydrogen (secondary N) is 1. The highest BCUT2D eigenvalue weighted by Gasteiger charge is 2.32. The number of amides is 2. The van der Waals surface area contributed by atoms with E-state index in [1.165, 1.54) is 24.1 Å². The molecule has 32 heavy (non-hydrogen) atoms. The molecule has 0 aromatic heterocycles. The Morgan fingerprint density at radius 3 is 2.12 bits per heavy atom. The smallest absolute Gasteiger partial charge is 0.244 e. The fraction of sp³-hybridized carbons (Fsp3) is 0.333. The molecular formula is C21H24Cl2FN3O4S. The maximum atomic E-state index is 13.4. The first-order valence-corrected chi connectivity index (χ1v) is 12.3. The third-order valence-electron chi connectivity index (χ3n) is 4.82. The summed E-state index contributed by atoms with van der Waals surface area (Å²) < 4.78 is 39.0. The van der Waals surface area contributed by atoms with Crippen molar-refractivity contribution in [3.63, 3.8) is 0 Å². The Bertz CT molecular complexity index is 1060. The average Bonchev–Trinajstić information content (AvgIpc) is 2.73. The number of halogens is 3. The third kappa shape index (κ3) is 6.34. The van der Waals surface area contributed by atoms with Gasteiger partial charge in [0.15, 0.2) is 0 Å². The van der Waals surface area contributed by atoms with Crippen molar-refractivity contribution in [1.29, 1.82) is 0 Å². The molecule has 0 bridgehead atoms. The molecule has 11 heteroatoms. The van der Waals surface area contributed by atoms with Gasteiger partial charge in [-0.3, -0.25) is 13.9 Å².